The first-order chi connectivity index (χ1) is 14.6. The summed E-state index contributed by atoms with van der Waals surface area (Å²) in [4.78, 5) is 4.94. The van der Waals surface area contributed by atoms with Crippen LogP contribution in [-0.4, -0.2) is 55.4 Å². The molecule has 0 amide bonds. The first-order valence-electron chi connectivity index (χ1n) is 11.1. The molecule has 0 bridgehead atoms. The van der Waals surface area contributed by atoms with Crippen molar-refractivity contribution in [1.82, 2.24) is 4.90 Å². The molecule has 0 aromatic heterocycles. The number of piperazine rings is 1. The zero-order valence-electron chi connectivity index (χ0n) is 17.9. The summed E-state index contributed by atoms with van der Waals surface area (Å²) in [5, 5.41) is 12.4. The molecule has 2 atom stereocenters. The molecular formula is C25H33ClN2O2. The maximum absolute atomic E-state index is 11.6. The van der Waals surface area contributed by atoms with Gasteiger partial charge in [-0.1, -0.05) is 48.7 Å². The molecule has 5 heteroatoms. The van der Waals surface area contributed by atoms with E-state index >= 15 is 0 Å². The van der Waals surface area contributed by atoms with E-state index in [1.807, 2.05) is 30.3 Å². The van der Waals surface area contributed by atoms with Crippen LogP contribution in [0.5, 0.6) is 5.75 Å². The third-order valence-electron chi connectivity index (χ3n) is 6.85. The molecule has 0 radical (unpaired) electrons. The van der Waals surface area contributed by atoms with Crippen molar-refractivity contribution in [3.63, 3.8) is 0 Å². The van der Waals surface area contributed by atoms with Crippen molar-refractivity contribution in [3.8, 4) is 5.75 Å². The van der Waals surface area contributed by atoms with Crippen LogP contribution in [-0.2, 0) is 6.42 Å². The SMILES string of the molecule is COc1ccccc1N1CCN(CC2CCCCC2(O)Cc2cccc(Cl)c2)CC1. The summed E-state index contributed by atoms with van der Waals surface area (Å²) in [6.07, 6.45) is 4.99. The van der Waals surface area contributed by atoms with Crippen LogP contribution in [0.25, 0.3) is 0 Å². The van der Waals surface area contributed by atoms with Gasteiger partial charge in [0.2, 0.25) is 0 Å². The lowest BCUT2D eigenvalue weighted by atomic mass is 9.72. The van der Waals surface area contributed by atoms with E-state index in [-0.39, 0.29) is 0 Å². The number of aliphatic hydroxyl groups is 1. The minimum atomic E-state index is -0.636. The summed E-state index contributed by atoms with van der Waals surface area (Å²) in [6.45, 7) is 4.97. The number of benzene rings is 2. The average Bonchev–Trinajstić information content (AvgIpc) is 2.76. The zero-order chi connectivity index (χ0) is 21.0. The van der Waals surface area contributed by atoms with Crippen LogP contribution >= 0.6 is 11.6 Å². The van der Waals surface area contributed by atoms with Gasteiger partial charge in [0.1, 0.15) is 5.75 Å². The molecular weight excluding hydrogens is 396 g/mol. The Bertz CT molecular complexity index is 837. The number of rotatable bonds is 6. The lowest BCUT2D eigenvalue weighted by molar-refractivity contribution is -0.0595. The van der Waals surface area contributed by atoms with Gasteiger partial charge in [0.05, 0.1) is 18.4 Å². The van der Waals surface area contributed by atoms with Crippen molar-refractivity contribution in [2.24, 2.45) is 5.92 Å². The third-order valence-corrected chi connectivity index (χ3v) is 7.08. The van der Waals surface area contributed by atoms with Crippen LogP contribution in [0.2, 0.25) is 5.02 Å². The quantitative estimate of drug-likeness (QED) is 0.727. The summed E-state index contributed by atoms with van der Waals surface area (Å²) < 4.78 is 5.54. The van der Waals surface area contributed by atoms with Crippen molar-refractivity contribution >= 4 is 17.3 Å². The molecule has 30 heavy (non-hydrogen) atoms. The molecule has 1 aliphatic carbocycles. The second-order valence-electron chi connectivity index (χ2n) is 8.81. The molecule has 0 spiro atoms. The van der Waals surface area contributed by atoms with Gasteiger partial charge in [-0.05, 0) is 42.7 Å². The van der Waals surface area contributed by atoms with Crippen LogP contribution in [0.4, 0.5) is 5.69 Å². The number of anilines is 1. The van der Waals surface area contributed by atoms with Gasteiger partial charge in [-0.15, -0.1) is 0 Å². The Labute approximate surface area is 185 Å². The summed E-state index contributed by atoms with van der Waals surface area (Å²) in [7, 11) is 1.74. The summed E-state index contributed by atoms with van der Waals surface area (Å²) >= 11 is 6.18. The first kappa shape index (κ1) is 21.5. The maximum Gasteiger partial charge on any atom is 0.142 e. The third kappa shape index (κ3) is 4.93. The minimum absolute atomic E-state index is 0.308. The summed E-state index contributed by atoms with van der Waals surface area (Å²) in [5.74, 6) is 1.25. The smallest absolute Gasteiger partial charge is 0.142 e. The van der Waals surface area contributed by atoms with E-state index in [1.165, 1.54) is 12.1 Å². The number of ether oxygens (including phenoxy) is 1. The maximum atomic E-state index is 11.6. The Balaban J connectivity index is 1.38. The van der Waals surface area contributed by atoms with Gasteiger partial charge in [0, 0.05) is 50.1 Å². The number of hydrogen-bond acceptors (Lipinski definition) is 4. The van der Waals surface area contributed by atoms with Crippen molar-refractivity contribution in [2.45, 2.75) is 37.7 Å². The van der Waals surface area contributed by atoms with E-state index in [0.717, 1.165) is 68.3 Å². The van der Waals surface area contributed by atoms with Crippen LogP contribution in [0.1, 0.15) is 31.2 Å². The minimum Gasteiger partial charge on any atom is -0.495 e. The van der Waals surface area contributed by atoms with Crippen LogP contribution in [0.15, 0.2) is 48.5 Å². The standard InChI is InChI=1S/C25H33ClN2O2/c1-30-24-11-3-2-10-23(24)28-15-13-27(14-16-28)19-21-8-4-5-12-25(21,29)18-20-7-6-9-22(26)17-20/h2-3,6-7,9-11,17,21,29H,4-5,8,12-16,18-19H2,1H3. The Kier molecular flexibility index (Phi) is 6.87. The van der Waals surface area contributed by atoms with Crippen molar-refractivity contribution in [1.29, 1.82) is 0 Å². The van der Waals surface area contributed by atoms with Crippen LogP contribution < -0.4 is 9.64 Å². The van der Waals surface area contributed by atoms with Gasteiger partial charge < -0.3 is 14.7 Å². The highest BCUT2D eigenvalue weighted by Gasteiger charge is 2.40. The lowest BCUT2D eigenvalue weighted by Gasteiger charge is -2.44. The van der Waals surface area contributed by atoms with E-state index in [9.17, 15) is 5.11 Å². The molecule has 1 N–H and O–H groups in total. The van der Waals surface area contributed by atoms with Crippen LogP contribution in [0.3, 0.4) is 0 Å². The fraction of sp³-hybridized carbons (Fsp3) is 0.520. The predicted molar refractivity (Wildman–Crippen MR) is 124 cm³/mol. The Hall–Kier alpha value is -1.75. The summed E-state index contributed by atoms with van der Waals surface area (Å²) in [6, 6.07) is 16.2. The van der Waals surface area contributed by atoms with E-state index < -0.39 is 5.60 Å². The van der Waals surface area contributed by atoms with E-state index in [4.69, 9.17) is 16.3 Å². The predicted octanol–water partition coefficient (Wildman–Crippen LogP) is 4.63. The average molecular weight is 429 g/mol. The molecule has 162 valence electrons. The Morgan fingerprint density at radius 2 is 1.87 bits per heavy atom. The van der Waals surface area contributed by atoms with Crippen molar-refractivity contribution in [2.75, 3.05) is 44.7 Å². The molecule has 2 fully saturated rings. The highest BCUT2D eigenvalue weighted by molar-refractivity contribution is 6.30. The molecule has 1 saturated carbocycles. The molecule has 1 heterocycles. The summed E-state index contributed by atoms with van der Waals surface area (Å²) in [5.41, 5.74) is 1.68. The van der Waals surface area contributed by atoms with E-state index in [1.54, 1.807) is 7.11 Å². The number of methoxy groups -OCH3 is 1. The normalized spacial score (nSPS) is 25.3. The zero-order valence-corrected chi connectivity index (χ0v) is 18.7. The molecule has 1 saturated heterocycles. The highest BCUT2D eigenvalue weighted by atomic mass is 35.5. The Morgan fingerprint density at radius 1 is 1.07 bits per heavy atom. The van der Waals surface area contributed by atoms with Crippen LogP contribution in [0, 0.1) is 5.92 Å². The molecule has 4 nitrogen and oxygen atoms in total. The second-order valence-corrected chi connectivity index (χ2v) is 9.25. The van der Waals surface area contributed by atoms with Crippen molar-refractivity contribution < 1.29 is 9.84 Å². The van der Waals surface area contributed by atoms with Gasteiger partial charge in [0.25, 0.3) is 0 Å². The number of nitrogens with zero attached hydrogens (tertiary/aromatic N) is 2. The largest absolute Gasteiger partial charge is 0.495 e. The molecule has 2 aromatic rings. The van der Waals surface area contributed by atoms with Crippen molar-refractivity contribution in [3.05, 3.63) is 59.1 Å². The van der Waals surface area contributed by atoms with E-state index in [0.29, 0.717) is 12.3 Å². The number of para-hydroxylation sites is 2. The van der Waals surface area contributed by atoms with Gasteiger partial charge in [0.15, 0.2) is 0 Å². The monoisotopic (exact) mass is 428 g/mol. The first-order valence-corrected chi connectivity index (χ1v) is 11.5. The van der Waals surface area contributed by atoms with Gasteiger partial charge in [-0.2, -0.15) is 0 Å². The van der Waals surface area contributed by atoms with Gasteiger partial charge >= 0.3 is 0 Å². The second kappa shape index (κ2) is 9.59. The Morgan fingerprint density at radius 3 is 2.63 bits per heavy atom. The molecule has 2 unspecified atom stereocenters. The van der Waals surface area contributed by atoms with Gasteiger partial charge in [-0.3, -0.25) is 4.90 Å². The molecule has 2 aromatic carbocycles. The molecule has 1 aliphatic heterocycles. The number of hydrogen-bond donors (Lipinski definition) is 1. The fourth-order valence-corrected chi connectivity index (χ4v) is 5.38. The fourth-order valence-electron chi connectivity index (χ4n) is 5.16. The number of halogens is 1. The molecule has 4 rings (SSSR count). The molecule has 2 aliphatic rings. The lowest BCUT2D eigenvalue weighted by Crippen LogP contribution is -2.52. The topological polar surface area (TPSA) is 35.9 Å². The van der Waals surface area contributed by atoms with E-state index in [2.05, 4.69) is 28.0 Å². The highest BCUT2D eigenvalue weighted by Crippen LogP contribution is 2.38. The van der Waals surface area contributed by atoms with Gasteiger partial charge in [-0.25, -0.2) is 0 Å².